The van der Waals surface area contributed by atoms with Gasteiger partial charge in [0, 0.05) is 18.2 Å². The monoisotopic (exact) mass is 515 g/mol. The molecule has 1 aliphatic heterocycles. The number of anilines is 1. The number of likely N-dealkylation sites (tertiary alicyclic amines) is 1. The predicted octanol–water partition coefficient (Wildman–Crippen LogP) is 4.67. The Bertz CT molecular complexity index is 1480. The van der Waals surface area contributed by atoms with Gasteiger partial charge in [0.2, 0.25) is 0 Å². The highest BCUT2D eigenvalue weighted by Crippen LogP contribution is 2.28. The lowest BCUT2D eigenvalue weighted by Gasteiger charge is -2.26. The smallest absolute Gasteiger partial charge is 0.432 e. The summed E-state index contributed by atoms with van der Waals surface area (Å²) in [6.45, 7) is 6.70. The summed E-state index contributed by atoms with van der Waals surface area (Å²) in [6.07, 6.45) is 1.04. The fraction of sp³-hybridized carbons (Fsp3) is 0.286. The van der Waals surface area contributed by atoms with Crippen LogP contribution in [-0.4, -0.2) is 50.8 Å². The number of hydrogen-bond donors (Lipinski definition) is 3. The Morgan fingerprint density at radius 3 is 2.34 bits per heavy atom. The van der Waals surface area contributed by atoms with E-state index in [0.29, 0.717) is 10.2 Å². The van der Waals surface area contributed by atoms with Gasteiger partial charge >= 0.3 is 6.09 Å². The average Bonchev–Trinajstić information content (AvgIpc) is 3.63. The van der Waals surface area contributed by atoms with E-state index in [4.69, 9.17) is 4.42 Å². The van der Waals surface area contributed by atoms with E-state index in [1.807, 2.05) is 56.3 Å². The molecule has 0 atom stereocenters. The predicted molar refractivity (Wildman–Crippen MR) is 141 cm³/mol. The Morgan fingerprint density at radius 2 is 1.68 bits per heavy atom. The van der Waals surface area contributed by atoms with E-state index in [2.05, 4.69) is 20.6 Å². The van der Waals surface area contributed by atoms with Crippen molar-refractivity contribution in [3.63, 3.8) is 0 Å². The van der Waals surface area contributed by atoms with Gasteiger partial charge in [-0.25, -0.2) is 4.79 Å². The maximum atomic E-state index is 13.0. The minimum absolute atomic E-state index is 0.00549. The lowest BCUT2D eigenvalue weighted by molar-refractivity contribution is 0.0885. The van der Waals surface area contributed by atoms with Crippen molar-refractivity contribution in [3.8, 4) is 0 Å². The second kappa shape index (κ2) is 10.1. The Kier molecular flexibility index (Phi) is 6.73. The number of carboxylic acid groups (broad SMARTS) is 1. The molecule has 2 aromatic heterocycles. The lowest BCUT2D eigenvalue weighted by atomic mass is 9.94. The second-order valence-electron chi connectivity index (χ2n) is 9.95. The molecule has 4 aromatic rings. The van der Waals surface area contributed by atoms with Crippen molar-refractivity contribution in [1.29, 1.82) is 0 Å². The van der Waals surface area contributed by atoms with E-state index in [1.165, 1.54) is 18.9 Å². The van der Waals surface area contributed by atoms with E-state index in [1.54, 1.807) is 12.1 Å². The van der Waals surface area contributed by atoms with Crippen LogP contribution in [0.15, 0.2) is 65.1 Å². The standard InChI is InChI=1S/C28H29N5O5/c1-28(2,20-8-4-3-5-9-20)30-26(35)22-16-21-23(38-22)24(31-33(21)27(36)37)29-25(34)19-12-10-18(11-13-19)17-32-14-6-7-15-32/h3-5,8-13,16H,6-7,14-15,17H2,1-2H3,(H,30,35)(H,36,37)(H,29,31,34). The molecule has 2 amide bonds. The van der Waals surface area contributed by atoms with Crippen LogP contribution >= 0.6 is 0 Å². The number of nitrogens with zero attached hydrogens (tertiary/aromatic N) is 3. The maximum absolute atomic E-state index is 13.0. The van der Waals surface area contributed by atoms with Gasteiger partial charge in [0.25, 0.3) is 11.8 Å². The van der Waals surface area contributed by atoms with Crippen LogP contribution in [0, 0.1) is 0 Å². The molecule has 0 unspecified atom stereocenters. The number of fused-ring (bicyclic) bond motifs is 1. The zero-order chi connectivity index (χ0) is 26.9. The number of rotatable bonds is 7. The number of aromatic nitrogens is 2. The van der Waals surface area contributed by atoms with Gasteiger partial charge in [0.15, 0.2) is 17.2 Å². The number of hydrogen-bond acceptors (Lipinski definition) is 6. The number of amides is 2. The topological polar surface area (TPSA) is 130 Å². The summed E-state index contributed by atoms with van der Waals surface area (Å²) in [5.74, 6) is -1.19. The third-order valence-corrected chi connectivity index (χ3v) is 6.74. The molecule has 1 saturated heterocycles. The van der Waals surface area contributed by atoms with Gasteiger partial charge in [0.1, 0.15) is 5.52 Å². The van der Waals surface area contributed by atoms with E-state index in [0.717, 1.165) is 30.8 Å². The van der Waals surface area contributed by atoms with E-state index in [-0.39, 0.29) is 22.7 Å². The van der Waals surface area contributed by atoms with Gasteiger partial charge < -0.3 is 20.2 Å². The Balaban J connectivity index is 1.35. The number of furan rings is 1. The third kappa shape index (κ3) is 5.16. The first-order valence-electron chi connectivity index (χ1n) is 12.5. The number of carbonyl (C=O) groups excluding carboxylic acids is 2. The highest BCUT2D eigenvalue weighted by molar-refractivity contribution is 6.08. The Morgan fingerprint density at radius 1 is 1.00 bits per heavy atom. The molecule has 0 aliphatic carbocycles. The molecule has 0 saturated carbocycles. The summed E-state index contributed by atoms with van der Waals surface area (Å²) in [4.78, 5) is 40.1. The normalized spacial score (nSPS) is 14.1. The highest BCUT2D eigenvalue weighted by Gasteiger charge is 2.28. The fourth-order valence-corrected chi connectivity index (χ4v) is 4.66. The molecule has 2 aromatic carbocycles. The Hall–Kier alpha value is -4.44. The van der Waals surface area contributed by atoms with E-state index in [9.17, 15) is 19.5 Å². The zero-order valence-corrected chi connectivity index (χ0v) is 21.2. The number of carbonyl (C=O) groups is 3. The minimum atomic E-state index is -1.38. The summed E-state index contributed by atoms with van der Waals surface area (Å²) in [5.41, 5.74) is 1.73. The SMILES string of the molecule is CC(C)(NC(=O)c1cc2c(o1)c(NC(=O)c1ccc(CN3CCCC3)cc1)nn2C(=O)O)c1ccccc1. The summed E-state index contributed by atoms with van der Waals surface area (Å²) >= 11 is 0. The minimum Gasteiger partial charge on any atom is -0.463 e. The first-order chi connectivity index (χ1) is 18.2. The van der Waals surface area contributed by atoms with Crippen molar-refractivity contribution >= 4 is 34.8 Å². The summed E-state index contributed by atoms with van der Waals surface area (Å²) < 4.78 is 6.40. The van der Waals surface area contributed by atoms with Crippen LogP contribution in [-0.2, 0) is 12.1 Å². The van der Waals surface area contributed by atoms with E-state index >= 15 is 0 Å². The molecule has 3 N–H and O–H groups in total. The lowest BCUT2D eigenvalue weighted by Crippen LogP contribution is -2.40. The van der Waals surface area contributed by atoms with Gasteiger partial charge in [0.05, 0.1) is 5.54 Å². The van der Waals surface area contributed by atoms with Crippen molar-refractivity contribution < 1.29 is 23.9 Å². The third-order valence-electron chi connectivity index (χ3n) is 6.74. The first-order valence-corrected chi connectivity index (χ1v) is 12.5. The summed E-state index contributed by atoms with van der Waals surface area (Å²) in [6, 6.07) is 18.0. The molecule has 3 heterocycles. The van der Waals surface area contributed by atoms with Crippen molar-refractivity contribution in [2.24, 2.45) is 0 Å². The molecular formula is C28H29N5O5. The fourth-order valence-electron chi connectivity index (χ4n) is 4.66. The summed E-state index contributed by atoms with van der Waals surface area (Å²) in [5, 5.41) is 19.1. The van der Waals surface area contributed by atoms with E-state index < -0.39 is 23.4 Å². The zero-order valence-electron chi connectivity index (χ0n) is 21.2. The van der Waals surface area contributed by atoms with Gasteiger partial charge in [-0.2, -0.15) is 4.68 Å². The van der Waals surface area contributed by atoms with Crippen LogP contribution in [0.3, 0.4) is 0 Å². The maximum Gasteiger partial charge on any atom is 0.432 e. The molecule has 1 fully saturated rings. The molecule has 10 heteroatoms. The van der Waals surface area contributed by atoms with Crippen LogP contribution in [0.2, 0.25) is 0 Å². The van der Waals surface area contributed by atoms with Crippen molar-refractivity contribution in [2.45, 2.75) is 38.8 Å². The van der Waals surface area contributed by atoms with Gasteiger partial charge in [-0.15, -0.1) is 5.10 Å². The molecule has 1 aliphatic rings. The average molecular weight is 516 g/mol. The first kappa shape index (κ1) is 25.2. The van der Waals surface area contributed by atoms with Gasteiger partial charge in [-0.1, -0.05) is 42.5 Å². The number of nitrogens with one attached hydrogen (secondary N) is 2. The van der Waals surface area contributed by atoms with Crippen molar-refractivity contribution in [2.75, 3.05) is 18.4 Å². The molecule has 0 radical (unpaired) electrons. The van der Waals surface area contributed by atoms with Crippen LogP contribution < -0.4 is 10.6 Å². The highest BCUT2D eigenvalue weighted by atomic mass is 16.4. The van der Waals surface area contributed by atoms with Crippen molar-refractivity contribution in [1.82, 2.24) is 20.0 Å². The summed E-state index contributed by atoms with van der Waals surface area (Å²) in [7, 11) is 0. The van der Waals surface area contributed by atoms with Crippen LogP contribution in [0.5, 0.6) is 0 Å². The van der Waals surface area contributed by atoms with Crippen LogP contribution in [0.25, 0.3) is 11.1 Å². The van der Waals surface area contributed by atoms with Crippen LogP contribution in [0.4, 0.5) is 10.6 Å². The molecule has 5 rings (SSSR count). The molecule has 0 bridgehead atoms. The molecule has 0 spiro atoms. The van der Waals surface area contributed by atoms with Gasteiger partial charge in [-0.3, -0.25) is 14.5 Å². The van der Waals surface area contributed by atoms with Crippen molar-refractivity contribution in [3.05, 3.63) is 83.1 Å². The molecule has 196 valence electrons. The molecular weight excluding hydrogens is 486 g/mol. The molecule has 10 nitrogen and oxygen atoms in total. The largest absolute Gasteiger partial charge is 0.463 e. The van der Waals surface area contributed by atoms with Gasteiger partial charge in [-0.05, 0) is 63.0 Å². The number of benzene rings is 2. The quantitative estimate of drug-likeness (QED) is 0.326. The van der Waals surface area contributed by atoms with Crippen LogP contribution in [0.1, 0.15) is 58.7 Å². The second-order valence-corrected chi connectivity index (χ2v) is 9.95. The Labute approximate surface area is 219 Å². The molecule has 38 heavy (non-hydrogen) atoms.